The quantitative estimate of drug-likeness (QED) is 0.916. The molecular weight excluding hydrogens is 294 g/mol. The third-order valence-corrected chi connectivity index (χ3v) is 3.65. The number of benzene rings is 1. The fourth-order valence-electron chi connectivity index (χ4n) is 2.64. The zero-order valence-corrected chi connectivity index (χ0v) is 14.4. The molecule has 5 heteroatoms. The number of carbonyl (C=O) groups is 1. The van der Waals surface area contributed by atoms with Gasteiger partial charge in [0.1, 0.15) is 17.0 Å². The second kappa shape index (κ2) is 6.24. The van der Waals surface area contributed by atoms with Crippen molar-refractivity contribution >= 4 is 11.8 Å². The molecule has 0 saturated carbocycles. The summed E-state index contributed by atoms with van der Waals surface area (Å²) >= 11 is 0. The van der Waals surface area contributed by atoms with E-state index in [9.17, 15) is 9.90 Å². The van der Waals surface area contributed by atoms with Crippen molar-refractivity contribution < 1.29 is 19.4 Å². The van der Waals surface area contributed by atoms with Crippen molar-refractivity contribution in [3.8, 4) is 5.75 Å². The van der Waals surface area contributed by atoms with Crippen molar-refractivity contribution in [1.82, 2.24) is 0 Å². The first kappa shape index (κ1) is 17.3. The molecule has 1 aliphatic rings. The molecule has 0 radical (unpaired) electrons. The van der Waals surface area contributed by atoms with E-state index in [1.54, 1.807) is 37.6 Å². The highest BCUT2D eigenvalue weighted by molar-refractivity contribution is 5.92. The summed E-state index contributed by atoms with van der Waals surface area (Å²) in [5.74, 6) is 0.617. The number of amides is 1. The van der Waals surface area contributed by atoms with E-state index in [-0.39, 0.29) is 0 Å². The third-order valence-electron chi connectivity index (χ3n) is 3.65. The number of carbonyl (C=O) groups excluding carboxylic acids is 1. The molecule has 1 heterocycles. The van der Waals surface area contributed by atoms with Gasteiger partial charge in [-0.2, -0.15) is 0 Å². The fraction of sp³-hybridized carbons (Fsp3) is 0.500. The Morgan fingerprint density at radius 2 is 2.04 bits per heavy atom. The van der Waals surface area contributed by atoms with Crippen molar-refractivity contribution in [2.75, 3.05) is 12.0 Å². The van der Waals surface area contributed by atoms with Crippen LogP contribution in [0.1, 0.15) is 46.1 Å². The lowest BCUT2D eigenvalue weighted by Gasteiger charge is -2.35. The molecule has 0 aliphatic carbocycles. The van der Waals surface area contributed by atoms with Gasteiger partial charge in [0.25, 0.3) is 0 Å². The van der Waals surface area contributed by atoms with E-state index < -0.39 is 17.3 Å². The second-order valence-electron chi connectivity index (χ2n) is 6.72. The smallest absolute Gasteiger partial charge is 0.418 e. The average molecular weight is 319 g/mol. The lowest BCUT2D eigenvalue weighted by atomic mass is 9.85. The Morgan fingerprint density at radius 1 is 1.35 bits per heavy atom. The molecule has 1 unspecified atom stereocenters. The number of hydrogen-bond donors (Lipinski definition) is 1. The van der Waals surface area contributed by atoms with Crippen molar-refractivity contribution in [2.45, 2.75) is 51.7 Å². The number of fused-ring (bicyclic) bond motifs is 1. The van der Waals surface area contributed by atoms with E-state index in [0.717, 1.165) is 6.42 Å². The van der Waals surface area contributed by atoms with Crippen LogP contribution in [0.3, 0.4) is 0 Å². The average Bonchev–Trinajstić information content (AvgIpc) is 2.45. The minimum atomic E-state index is -1.09. The summed E-state index contributed by atoms with van der Waals surface area (Å²) in [6.07, 6.45) is 4.13. The predicted octanol–water partition coefficient (Wildman–Crippen LogP) is 3.95. The van der Waals surface area contributed by atoms with Gasteiger partial charge < -0.3 is 14.6 Å². The van der Waals surface area contributed by atoms with E-state index in [1.807, 2.05) is 27.7 Å². The Kier molecular flexibility index (Phi) is 4.71. The summed E-state index contributed by atoms with van der Waals surface area (Å²) < 4.78 is 10.7. The molecule has 0 saturated heterocycles. The molecule has 1 N–H and O–H groups in total. The largest absolute Gasteiger partial charge is 0.497 e. The molecule has 0 bridgehead atoms. The Balaban J connectivity index is 2.47. The van der Waals surface area contributed by atoms with Gasteiger partial charge in [-0.15, -0.1) is 0 Å². The first-order chi connectivity index (χ1) is 10.7. The first-order valence-corrected chi connectivity index (χ1v) is 7.82. The molecule has 5 nitrogen and oxygen atoms in total. The fourth-order valence-corrected chi connectivity index (χ4v) is 2.64. The molecule has 0 fully saturated rings. The number of aliphatic hydroxyl groups is 1. The van der Waals surface area contributed by atoms with Gasteiger partial charge >= 0.3 is 6.09 Å². The maximum atomic E-state index is 12.5. The molecule has 2 rings (SSSR count). The normalized spacial score (nSPS) is 20.2. The topological polar surface area (TPSA) is 59.0 Å². The molecule has 1 aromatic rings. The highest BCUT2D eigenvalue weighted by Gasteiger charge is 2.36. The number of ether oxygens (including phenoxy) is 2. The van der Waals surface area contributed by atoms with Gasteiger partial charge in [-0.1, -0.05) is 19.4 Å². The van der Waals surface area contributed by atoms with Crippen molar-refractivity contribution in [3.05, 3.63) is 36.0 Å². The minimum absolute atomic E-state index is 0.484. The van der Waals surface area contributed by atoms with Crippen LogP contribution in [0.2, 0.25) is 0 Å². The number of hydrogen-bond acceptors (Lipinski definition) is 4. The van der Waals surface area contributed by atoms with Crippen molar-refractivity contribution in [3.63, 3.8) is 0 Å². The van der Waals surface area contributed by atoms with Crippen LogP contribution in [0, 0.1) is 0 Å². The Bertz CT molecular complexity index is 618. The summed E-state index contributed by atoms with van der Waals surface area (Å²) in [5.41, 5.74) is -0.429. The van der Waals surface area contributed by atoms with Crippen LogP contribution in [-0.4, -0.2) is 23.9 Å². The summed E-state index contributed by atoms with van der Waals surface area (Å²) in [7, 11) is 1.57. The van der Waals surface area contributed by atoms with E-state index in [0.29, 0.717) is 23.4 Å². The standard InChI is InChI=1S/C18H25NO4/c1-6-9-18(21)10-11-19(16(20)23-17(2,3)4)15-12-13(22-5)7-8-14(15)18/h7-8,10-12,21H,6,9H2,1-5H3. The molecule has 1 amide bonds. The van der Waals surface area contributed by atoms with Gasteiger partial charge in [0.05, 0.1) is 12.8 Å². The Labute approximate surface area is 137 Å². The van der Waals surface area contributed by atoms with Crippen LogP contribution < -0.4 is 9.64 Å². The summed E-state index contributed by atoms with van der Waals surface area (Å²) in [6.45, 7) is 7.46. The predicted molar refractivity (Wildman–Crippen MR) is 89.7 cm³/mol. The molecule has 0 spiro atoms. The zero-order chi connectivity index (χ0) is 17.3. The van der Waals surface area contributed by atoms with E-state index in [4.69, 9.17) is 9.47 Å². The summed E-state index contributed by atoms with van der Waals surface area (Å²) in [6, 6.07) is 5.32. The molecule has 23 heavy (non-hydrogen) atoms. The van der Waals surface area contributed by atoms with Crippen LogP contribution in [0.15, 0.2) is 30.5 Å². The number of methoxy groups -OCH3 is 1. The van der Waals surface area contributed by atoms with Gasteiger partial charge in [-0.3, -0.25) is 4.90 Å². The van der Waals surface area contributed by atoms with Crippen LogP contribution in [0.5, 0.6) is 5.75 Å². The molecule has 1 aromatic carbocycles. The van der Waals surface area contributed by atoms with E-state index >= 15 is 0 Å². The second-order valence-corrected chi connectivity index (χ2v) is 6.72. The van der Waals surface area contributed by atoms with Gasteiger partial charge in [-0.25, -0.2) is 4.79 Å². The Morgan fingerprint density at radius 3 is 2.61 bits per heavy atom. The van der Waals surface area contributed by atoms with Gasteiger partial charge in [0.15, 0.2) is 0 Å². The van der Waals surface area contributed by atoms with Gasteiger partial charge in [0.2, 0.25) is 0 Å². The molecule has 126 valence electrons. The van der Waals surface area contributed by atoms with Gasteiger partial charge in [-0.05, 0) is 39.3 Å². The minimum Gasteiger partial charge on any atom is -0.497 e. The molecule has 1 atom stereocenters. The lowest BCUT2D eigenvalue weighted by Crippen LogP contribution is -2.38. The van der Waals surface area contributed by atoms with Crippen LogP contribution in [-0.2, 0) is 10.3 Å². The van der Waals surface area contributed by atoms with Crippen LogP contribution >= 0.6 is 0 Å². The SMILES string of the molecule is CCCC1(O)C=CN(C(=O)OC(C)(C)C)c2cc(OC)ccc21. The number of anilines is 1. The highest BCUT2D eigenvalue weighted by atomic mass is 16.6. The lowest BCUT2D eigenvalue weighted by molar-refractivity contribution is 0.0575. The molecule has 1 aliphatic heterocycles. The molecular formula is C18H25NO4. The summed E-state index contributed by atoms with van der Waals surface area (Å²) in [4.78, 5) is 13.9. The number of nitrogens with zero attached hydrogens (tertiary/aromatic N) is 1. The third kappa shape index (κ3) is 3.67. The van der Waals surface area contributed by atoms with Crippen molar-refractivity contribution in [1.29, 1.82) is 0 Å². The molecule has 0 aromatic heterocycles. The first-order valence-electron chi connectivity index (χ1n) is 7.82. The number of rotatable bonds is 3. The Hall–Kier alpha value is -2.01. The van der Waals surface area contributed by atoms with Crippen LogP contribution in [0.4, 0.5) is 10.5 Å². The monoisotopic (exact) mass is 319 g/mol. The highest BCUT2D eigenvalue weighted by Crippen LogP contribution is 2.41. The zero-order valence-electron chi connectivity index (χ0n) is 14.4. The maximum Gasteiger partial charge on any atom is 0.418 e. The van der Waals surface area contributed by atoms with Crippen molar-refractivity contribution in [2.24, 2.45) is 0 Å². The van der Waals surface area contributed by atoms with E-state index in [1.165, 1.54) is 4.90 Å². The van der Waals surface area contributed by atoms with Gasteiger partial charge in [0, 0.05) is 17.8 Å². The summed E-state index contributed by atoms with van der Waals surface area (Å²) in [5, 5.41) is 10.9. The van der Waals surface area contributed by atoms with E-state index in [2.05, 4.69) is 0 Å². The maximum absolute atomic E-state index is 12.5. The van der Waals surface area contributed by atoms with Crippen LogP contribution in [0.25, 0.3) is 0 Å².